The van der Waals surface area contributed by atoms with Gasteiger partial charge in [-0.15, -0.1) is 0 Å². The molecule has 3 rings (SSSR count). The molecule has 0 amide bonds. The van der Waals surface area contributed by atoms with Gasteiger partial charge in [-0.2, -0.15) is 13.2 Å². The number of likely N-dealkylation sites (tertiary alicyclic amines) is 1. The van der Waals surface area contributed by atoms with Crippen molar-refractivity contribution < 1.29 is 13.2 Å². The normalized spacial score (nSPS) is 29.1. The predicted octanol–water partition coefficient (Wildman–Crippen LogP) is 3.04. The Morgan fingerprint density at radius 2 is 1.70 bits per heavy atom. The van der Waals surface area contributed by atoms with E-state index in [4.69, 9.17) is 0 Å². The largest absolute Gasteiger partial charge is 0.393 e. The second-order valence-electron chi connectivity index (χ2n) is 6.84. The molecule has 1 saturated heterocycles. The number of halogens is 3. The molecule has 20 heavy (non-hydrogen) atoms. The summed E-state index contributed by atoms with van der Waals surface area (Å²) in [6, 6.07) is 0.651. The number of nitrogens with zero attached hydrogens (tertiary/aromatic N) is 1. The molecule has 2 aliphatic carbocycles. The smallest absolute Gasteiger partial charge is 0.312 e. The molecule has 1 aliphatic heterocycles. The molecule has 1 unspecified atom stereocenters. The summed E-state index contributed by atoms with van der Waals surface area (Å²) < 4.78 is 38.3. The summed E-state index contributed by atoms with van der Waals surface area (Å²) in [7, 11) is 0. The Morgan fingerprint density at radius 1 is 1.05 bits per heavy atom. The van der Waals surface area contributed by atoms with E-state index in [0.29, 0.717) is 18.9 Å². The maximum absolute atomic E-state index is 12.8. The first-order valence-electron chi connectivity index (χ1n) is 8.06. The van der Waals surface area contributed by atoms with E-state index in [1.54, 1.807) is 0 Å². The highest BCUT2D eigenvalue weighted by Crippen LogP contribution is 2.44. The van der Waals surface area contributed by atoms with Crippen molar-refractivity contribution in [3.05, 3.63) is 0 Å². The minimum atomic E-state index is -4.02. The van der Waals surface area contributed by atoms with Gasteiger partial charge in [-0.05, 0) is 56.9 Å². The van der Waals surface area contributed by atoms with E-state index in [2.05, 4.69) is 5.32 Å². The lowest BCUT2D eigenvalue weighted by atomic mass is 9.97. The van der Waals surface area contributed by atoms with Gasteiger partial charge < -0.3 is 10.2 Å². The van der Waals surface area contributed by atoms with E-state index in [1.807, 2.05) is 4.90 Å². The summed E-state index contributed by atoms with van der Waals surface area (Å²) in [6.45, 7) is 2.64. The zero-order valence-corrected chi connectivity index (χ0v) is 12.0. The Labute approximate surface area is 119 Å². The van der Waals surface area contributed by atoms with Crippen LogP contribution in [0.15, 0.2) is 0 Å². The molecule has 3 aliphatic rings. The van der Waals surface area contributed by atoms with E-state index in [-0.39, 0.29) is 6.54 Å². The third kappa shape index (κ3) is 3.88. The van der Waals surface area contributed by atoms with Crippen LogP contribution in [-0.2, 0) is 0 Å². The van der Waals surface area contributed by atoms with Gasteiger partial charge in [0.05, 0.1) is 5.92 Å². The fraction of sp³-hybridized carbons (Fsp3) is 1.00. The van der Waals surface area contributed by atoms with Crippen LogP contribution >= 0.6 is 0 Å². The molecule has 0 spiro atoms. The summed E-state index contributed by atoms with van der Waals surface area (Å²) in [4.78, 5) is 1.99. The van der Waals surface area contributed by atoms with Crippen LogP contribution in [0.2, 0.25) is 0 Å². The summed E-state index contributed by atoms with van der Waals surface area (Å²) in [5, 5.41) is 3.62. The van der Waals surface area contributed by atoms with E-state index < -0.39 is 12.1 Å². The summed E-state index contributed by atoms with van der Waals surface area (Å²) in [5.74, 6) is 0.595. The van der Waals surface area contributed by atoms with Crippen molar-refractivity contribution in [2.24, 2.45) is 17.8 Å². The highest BCUT2D eigenvalue weighted by Gasteiger charge is 2.42. The summed E-state index contributed by atoms with van der Waals surface area (Å²) >= 11 is 0. The van der Waals surface area contributed by atoms with Crippen LogP contribution in [0.3, 0.4) is 0 Å². The third-order valence-electron chi connectivity index (χ3n) is 5.04. The second-order valence-corrected chi connectivity index (χ2v) is 6.84. The SMILES string of the molecule is FC(F)(F)C1CCCN(CCNC(C2CC2)C2CC2)C1. The molecular formula is C15H25F3N2. The van der Waals surface area contributed by atoms with Gasteiger partial charge in [0.2, 0.25) is 0 Å². The van der Waals surface area contributed by atoms with Gasteiger partial charge >= 0.3 is 6.18 Å². The lowest BCUT2D eigenvalue weighted by molar-refractivity contribution is -0.186. The minimum Gasteiger partial charge on any atom is -0.312 e. The van der Waals surface area contributed by atoms with E-state index in [1.165, 1.54) is 25.7 Å². The molecule has 1 atom stereocenters. The zero-order valence-electron chi connectivity index (χ0n) is 12.0. The Balaban J connectivity index is 1.39. The third-order valence-corrected chi connectivity index (χ3v) is 5.04. The van der Waals surface area contributed by atoms with Gasteiger partial charge in [-0.1, -0.05) is 0 Å². The predicted molar refractivity (Wildman–Crippen MR) is 72.5 cm³/mol. The van der Waals surface area contributed by atoms with Crippen LogP contribution in [0, 0.1) is 17.8 Å². The lowest BCUT2D eigenvalue weighted by Gasteiger charge is -2.34. The van der Waals surface area contributed by atoms with Crippen molar-refractivity contribution >= 4 is 0 Å². The Morgan fingerprint density at radius 3 is 2.25 bits per heavy atom. The first kappa shape index (κ1) is 14.6. The highest BCUT2D eigenvalue weighted by atomic mass is 19.4. The zero-order chi connectivity index (χ0) is 14.2. The van der Waals surface area contributed by atoms with Crippen molar-refractivity contribution in [2.45, 2.75) is 50.7 Å². The Kier molecular flexibility index (Phi) is 4.27. The van der Waals surface area contributed by atoms with Crippen molar-refractivity contribution in [1.29, 1.82) is 0 Å². The van der Waals surface area contributed by atoms with Gasteiger partial charge in [-0.3, -0.25) is 0 Å². The average molecular weight is 290 g/mol. The van der Waals surface area contributed by atoms with E-state index in [0.717, 1.165) is 31.5 Å². The molecule has 0 aromatic carbocycles. The quantitative estimate of drug-likeness (QED) is 0.809. The molecule has 0 aromatic heterocycles. The number of piperidine rings is 1. The van der Waals surface area contributed by atoms with Crippen molar-refractivity contribution in [2.75, 3.05) is 26.2 Å². The average Bonchev–Trinajstić information content (AvgIpc) is 3.27. The summed E-state index contributed by atoms with van der Waals surface area (Å²) in [5.41, 5.74) is 0. The van der Waals surface area contributed by atoms with Crippen LogP contribution in [0.1, 0.15) is 38.5 Å². The molecular weight excluding hydrogens is 265 g/mol. The standard InChI is InChI=1S/C15H25F3N2/c16-15(17,18)13-2-1-8-20(10-13)9-7-19-14(11-3-4-11)12-5-6-12/h11-14,19H,1-10H2. The number of rotatable bonds is 6. The number of nitrogens with one attached hydrogen (secondary N) is 1. The lowest BCUT2D eigenvalue weighted by Crippen LogP contribution is -2.45. The first-order chi connectivity index (χ1) is 9.54. The molecule has 2 saturated carbocycles. The number of alkyl halides is 3. The van der Waals surface area contributed by atoms with E-state index in [9.17, 15) is 13.2 Å². The van der Waals surface area contributed by atoms with Crippen LogP contribution in [0.25, 0.3) is 0 Å². The second kappa shape index (κ2) is 5.84. The van der Waals surface area contributed by atoms with Crippen molar-refractivity contribution in [3.63, 3.8) is 0 Å². The minimum absolute atomic E-state index is 0.197. The fourth-order valence-corrected chi connectivity index (χ4v) is 3.54. The number of hydrogen-bond donors (Lipinski definition) is 1. The fourth-order valence-electron chi connectivity index (χ4n) is 3.54. The van der Waals surface area contributed by atoms with Gasteiger partial charge in [0.15, 0.2) is 0 Å². The molecule has 0 bridgehead atoms. The van der Waals surface area contributed by atoms with Gasteiger partial charge in [0.25, 0.3) is 0 Å². The summed E-state index contributed by atoms with van der Waals surface area (Å²) in [6.07, 6.45) is 2.33. The van der Waals surface area contributed by atoms with Crippen LogP contribution in [0.5, 0.6) is 0 Å². The van der Waals surface area contributed by atoms with Crippen molar-refractivity contribution in [3.8, 4) is 0 Å². The maximum Gasteiger partial charge on any atom is 0.393 e. The topological polar surface area (TPSA) is 15.3 Å². The van der Waals surface area contributed by atoms with Crippen LogP contribution in [0.4, 0.5) is 13.2 Å². The Hall–Kier alpha value is -0.290. The molecule has 1 N–H and O–H groups in total. The molecule has 116 valence electrons. The van der Waals surface area contributed by atoms with Gasteiger partial charge in [-0.25, -0.2) is 0 Å². The first-order valence-corrected chi connectivity index (χ1v) is 8.06. The Bertz CT molecular complexity index is 312. The monoisotopic (exact) mass is 290 g/mol. The number of hydrogen-bond acceptors (Lipinski definition) is 2. The van der Waals surface area contributed by atoms with Gasteiger partial charge in [0.1, 0.15) is 0 Å². The molecule has 2 nitrogen and oxygen atoms in total. The van der Waals surface area contributed by atoms with E-state index >= 15 is 0 Å². The molecule has 1 heterocycles. The van der Waals surface area contributed by atoms with Crippen LogP contribution in [-0.4, -0.2) is 43.3 Å². The molecule has 5 heteroatoms. The molecule has 0 aromatic rings. The maximum atomic E-state index is 12.8. The molecule has 0 radical (unpaired) electrons. The highest BCUT2D eigenvalue weighted by molar-refractivity contribution is 4.96. The van der Waals surface area contributed by atoms with Crippen molar-refractivity contribution in [1.82, 2.24) is 10.2 Å². The van der Waals surface area contributed by atoms with Gasteiger partial charge in [0, 0.05) is 25.7 Å². The van der Waals surface area contributed by atoms with Crippen LogP contribution < -0.4 is 5.32 Å². The molecule has 3 fully saturated rings.